The Labute approximate surface area is 157 Å². The zero-order valence-corrected chi connectivity index (χ0v) is 2.11. The van der Waals surface area contributed by atoms with Crippen LogP contribution in [0.15, 0.2) is 0 Å². The van der Waals surface area contributed by atoms with Gasteiger partial charge in [-0.25, -0.2) is 4.20 Å². The van der Waals surface area contributed by atoms with Gasteiger partial charge in [-0.1, -0.05) is 0 Å². The molecular formula is H7FNa5P. The van der Waals surface area contributed by atoms with Gasteiger partial charge in [0.2, 0.25) is 0 Å². The van der Waals surface area contributed by atoms with E-state index in [1.807, 2.05) is 0 Å². The van der Waals surface area contributed by atoms with Crippen LogP contribution in [0.3, 0.4) is 0 Å². The minimum absolute atomic E-state index is 0. The molecular weight excluding hydrogens is 165 g/mol. The molecule has 7 heavy (non-hydrogen) atoms. The number of halogens is 1. The van der Waals surface area contributed by atoms with E-state index in [0.717, 1.165) is 9.55 Å². The van der Waals surface area contributed by atoms with Gasteiger partial charge in [0.1, 0.15) is 0 Å². The van der Waals surface area contributed by atoms with Gasteiger partial charge in [-0.15, -0.1) is 0 Å². The van der Waals surface area contributed by atoms with E-state index in [9.17, 15) is 4.20 Å². The Morgan fingerprint density at radius 1 is 0.571 bits per heavy atom. The van der Waals surface area contributed by atoms with Gasteiger partial charge < -0.3 is 0 Å². The summed E-state index contributed by atoms with van der Waals surface area (Å²) in [4.78, 5) is 0. The first-order chi connectivity index (χ1) is 1.00. The summed E-state index contributed by atoms with van der Waals surface area (Å²) in [7, 11) is 0.917. The van der Waals surface area contributed by atoms with Crippen LogP contribution in [-0.2, 0) is 0 Å². The maximum absolute atomic E-state index is 9.42. The second-order valence-electron chi connectivity index (χ2n) is 0. The normalized spacial score (nSPS) is 0.857. The van der Waals surface area contributed by atoms with Crippen molar-refractivity contribution in [3.05, 3.63) is 0 Å². The van der Waals surface area contributed by atoms with Gasteiger partial charge in [0.15, 0.2) is 0 Å². The minimum atomic E-state index is 0. The van der Waals surface area contributed by atoms with Crippen molar-refractivity contribution in [2.45, 2.75) is 0 Å². The van der Waals surface area contributed by atoms with E-state index < -0.39 is 0 Å². The van der Waals surface area contributed by atoms with Crippen LogP contribution in [0.1, 0.15) is 0 Å². The molecule has 0 spiro atoms. The van der Waals surface area contributed by atoms with Crippen molar-refractivity contribution in [2.75, 3.05) is 0 Å². The molecule has 0 aliphatic heterocycles. The first kappa shape index (κ1) is 39.4. The second kappa shape index (κ2) is 42.4. The van der Waals surface area contributed by atoms with E-state index in [-0.39, 0.29) is 148 Å². The summed E-state index contributed by atoms with van der Waals surface area (Å²) in [6, 6.07) is 0. The molecule has 0 fully saturated rings. The van der Waals surface area contributed by atoms with Gasteiger partial charge in [0.25, 0.3) is 0 Å². The van der Waals surface area contributed by atoms with E-state index in [1.165, 1.54) is 0 Å². The molecule has 0 nitrogen and oxygen atoms in total. The molecule has 0 aliphatic carbocycles. The Kier molecular flexibility index (Phi) is 239. The quantitative estimate of drug-likeness (QED) is 0.280. The predicted octanol–water partition coefficient (Wildman–Crippen LogP) is -2.50. The Hall–Kier alpha value is 5.36. The molecule has 0 N–H and O–H groups in total. The number of hydrogen-bond acceptors (Lipinski definition) is 0. The van der Waals surface area contributed by atoms with Crippen LogP contribution in [0.5, 0.6) is 0 Å². The molecule has 0 radical (unpaired) electrons. The van der Waals surface area contributed by atoms with E-state index >= 15 is 0 Å². The van der Waals surface area contributed by atoms with Gasteiger partial charge in [0.05, 0.1) is 9.55 Å². The first-order valence-electron chi connectivity index (χ1n) is 0.218. The van der Waals surface area contributed by atoms with Crippen molar-refractivity contribution in [3.8, 4) is 0 Å². The molecule has 0 aliphatic rings. The molecule has 0 aromatic carbocycles. The molecule has 1 unspecified atom stereocenters. The van der Waals surface area contributed by atoms with Crippen LogP contribution in [0.25, 0.3) is 0 Å². The fraction of sp³-hybridized carbons (Fsp3) is 0. The van der Waals surface area contributed by atoms with Gasteiger partial charge in [-0.2, -0.15) is 0 Å². The fourth-order valence-electron chi connectivity index (χ4n) is 0. The summed E-state index contributed by atoms with van der Waals surface area (Å²) in [5.74, 6) is 0. The van der Waals surface area contributed by atoms with E-state index in [0.29, 0.717) is 0 Å². The summed E-state index contributed by atoms with van der Waals surface area (Å²) in [5, 5.41) is 0. The third-order valence-corrected chi connectivity index (χ3v) is 0. The zero-order valence-electron chi connectivity index (χ0n) is 0.955. The number of rotatable bonds is 0. The second-order valence-corrected chi connectivity index (χ2v) is 0. The fourth-order valence-corrected chi connectivity index (χ4v) is 0. The maximum atomic E-state index is 9.42. The van der Waals surface area contributed by atoms with Crippen molar-refractivity contribution < 1.29 is 4.20 Å². The molecule has 0 amide bonds. The molecule has 0 saturated heterocycles. The first-order valence-corrected chi connectivity index (χ1v) is 0.655. The zero-order chi connectivity index (χ0) is 2.00. The van der Waals surface area contributed by atoms with Gasteiger partial charge in [-0.3, -0.25) is 0 Å². The monoisotopic (exact) mass is 172 g/mol. The average molecular weight is 172 g/mol. The molecule has 1 atom stereocenters. The van der Waals surface area contributed by atoms with E-state index in [2.05, 4.69) is 0 Å². The Balaban J connectivity index is -0.000000000500. The van der Waals surface area contributed by atoms with Crippen molar-refractivity contribution in [3.63, 3.8) is 0 Å². The predicted molar refractivity (Wildman–Crippen MR) is 46.6 cm³/mol. The summed E-state index contributed by atoms with van der Waals surface area (Å²) in [5.41, 5.74) is 0. The van der Waals surface area contributed by atoms with Gasteiger partial charge >= 0.3 is 148 Å². The standard InChI is InChI=1S/FH2P.5Na.5H/c1-2;;;;;;;;;;/h2H2;;;;;;;;;;. The SMILES string of the molecule is FP.[NaH].[NaH].[NaH].[NaH].[NaH]. The summed E-state index contributed by atoms with van der Waals surface area (Å²) in [6.07, 6.45) is 0. The van der Waals surface area contributed by atoms with Crippen LogP contribution >= 0.6 is 9.55 Å². The van der Waals surface area contributed by atoms with Crippen LogP contribution < -0.4 is 0 Å². The van der Waals surface area contributed by atoms with Gasteiger partial charge in [-0.05, 0) is 0 Å². The third kappa shape index (κ3) is 34.6. The topological polar surface area (TPSA) is 0 Å². The Bertz CT molecular complexity index is 8.04. The molecule has 0 saturated carbocycles. The van der Waals surface area contributed by atoms with Gasteiger partial charge in [0, 0.05) is 0 Å². The molecule has 0 aromatic rings. The van der Waals surface area contributed by atoms with Crippen molar-refractivity contribution >= 4 is 157 Å². The molecule has 0 aromatic heterocycles. The summed E-state index contributed by atoms with van der Waals surface area (Å²) < 4.78 is 9.42. The summed E-state index contributed by atoms with van der Waals surface area (Å²) in [6.45, 7) is 0. The molecule has 0 bridgehead atoms. The van der Waals surface area contributed by atoms with E-state index in [1.54, 1.807) is 0 Å². The van der Waals surface area contributed by atoms with Crippen LogP contribution in [-0.4, -0.2) is 148 Å². The van der Waals surface area contributed by atoms with Crippen molar-refractivity contribution in [2.24, 2.45) is 0 Å². The van der Waals surface area contributed by atoms with Crippen LogP contribution in [0.4, 0.5) is 4.20 Å². The van der Waals surface area contributed by atoms with Crippen LogP contribution in [0, 0.1) is 0 Å². The summed E-state index contributed by atoms with van der Waals surface area (Å²) >= 11 is 0. The molecule has 24 valence electrons. The Morgan fingerprint density at radius 2 is 0.571 bits per heavy atom. The molecule has 0 rings (SSSR count). The Morgan fingerprint density at radius 3 is 0.571 bits per heavy atom. The van der Waals surface area contributed by atoms with E-state index in [4.69, 9.17) is 0 Å². The number of hydrogen-bond donors (Lipinski definition) is 0. The molecule has 0 heterocycles. The van der Waals surface area contributed by atoms with Crippen molar-refractivity contribution in [1.82, 2.24) is 0 Å². The molecule has 7 heteroatoms. The van der Waals surface area contributed by atoms with Crippen molar-refractivity contribution in [1.29, 1.82) is 0 Å². The third-order valence-electron chi connectivity index (χ3n) is 0. The van der Waals surface area contributed by atoms with Crippen LogP contribution in [0.2, 0.25) is 0 Å². The average Bonchev–Trinajstić information content (AvgIpc) is 1.00.